The van der Waals surface area contributed by atoms with Crippen LogP contribution in [0.1, 0.15) is 11.1 Å². The second-order valence-electron chi connectivity index (χ2n) is 4.30. The molecule has 5 nitrogen and oxygen atoms in total. The first-order chi connectivity index (χ1) is 9.56. The number of nitrogens with one attached hydrogen (secondary N) is 1. The Morgan fingerprint density at radius 1 is 1.20 bits per heavy atom. The minimum Gasteiger partial charge on any atom is -0.508 e. The molecule has 0 radical (unpaired) electrons. The van der Waals surface area contributed by atoms with E-state index in [-0.39, 0.29) is 11.4 Å². The maximum Gasteiger partial charge on any atom is 0.269 e. The van der Waals surface area contributed by atoms with Crippen molar-refractivity contribution in [3.63, 3.8) is 0 Å². The Morgan fingerprint density at radius 2 is 2.00 bits per heavy atom. The number of hydrogen-bond donors (Lipinski definition) is 2. The highest BCUT2D eigenvalue weighted by molar-refractivity contribution is 6.30. The van der Waals surface area contributed by atoms with Crippen molar-refractivity contribution < 1.29 is 10.0 Å². The first-order valence-corrected chi connectivity index (χ1v) is 6.35. The average Bonchev–Trinajstić information content (AvgIpc) is 2.43. The predicted molar refractivity (Wildman–Crippen MR) is 76.8 cm³/mol. The van der Waals surface area contributed by atoms with Crippen LogP contribution in [0.3, 0.4) is 0 Å². The molecule has 0 saturated heterocycles. The maximum absolute atomic E-state index is 10.7. The van der Waals surface area contributed by atoms with Crippen LogP contribution in [0, 0.1) is 10.1 Å². The van der Waals surface area contributed by atoms with Crippen LogP contribution < -0.4 is 5.32 Å². The highest BCUT2D eigenvalue weighted by Gasteiger charge is 2.06. The minimum atomic E-state index is -0.424. The molecule has 2 rings (SSSR count). The van der Waals surface area contributed by atoms with Crippen LogP contribution >= 0.6 is 11.6 Å². The molecule has 6 heteroatoms. The topological polar surface area (TPSA) is 75.4 Å². The first kappa shape index (κ1) is 14.3. The second-order valence-corrected chi connectivity index (χ2v) is 4.74. The van der Waals surface area contributed by atoms with Gasteiger partial charge in [0, 0.05) is 35.8 Å². The summed E-state index contributed by atoms with van der Waals surface area (Å²) >= 11 is 5.85. The molecule has 20 heavy (non-hydrogen) atoms. The molecule has 2 aromatic rings. The summed E-state index contributed by atoms with van der Waals surface area (Å²) in [5, 5.41) is 24.0. The number of phenolic OH excluding ortho intramolecular Hbond substituents is 1. The number of hydrogen-bond acceptors (Lipinski definition) is 4. The number of halogens is 1. The lowest BCUT2D eigenvalue weighted by Crippen LogP contribution is -2.12. The van der Waals surface area contributed by atoms with Crippen molar-refractivity contribution in [3.05, 3.63) is 68.7 Å². The monoisotopic (exact) mass is 292 g/mol. The third-order valence-corrected chi connectivity index (χ3v) is 3.04. The zero-order chi connectivity index (χ0) is 14.5. The Kier molecular flexibility index (Phi) is 4.55. The fraction of sp³-hybridized carbons (Fsp3) is 0.143. The molecule has 0 amide bonds. The highest BCUT2D eigenvalue weighted by atomic mass is 35.5. The Hall–Kier alpha value is -2.11. The molecular weight excluding hydrogens is 280 g/mol. The molecule has 0 fully saturated rings. The lowest BCUT2D eigenvalue weighted by Gasteiger charge is -2.07. The Bertz CT molecular complexity index is 632. The summed E-state index contributed by atoms with van der Waals surface area (Å²) in [7, 11) is 0. The van der Waals surface area contributed by atoms with Gasteiger partial charge in [0.1, 0.15) is 5.75 Å². The Morgan fingerprint density at radius 3 is 2.75 bits per heavy atom. The number of benzene rings is 2. The highest BCUT2D eigenvalue weighted by Crippen LogP contribution is 2.21. The van der Waals surface area contributed by atoms with Gasteiger partial charge < -0.3 is 10.4 Å². The molecule has 0 atom stereocenters. The van der Waals surface area contributed by atoms with Crippen molar-refractivity contribution in [1.29, 1.82) is 0 Å². The summed E-state index contributed by atoms with van der Waals surface area (Å²) in [5.41, 5.74) is 1.55. The van der Waals surface area contributed by atoms with Gasteiger partial charge in [0.15, 0.2) is 0 Å². The molecule has 0 aliphatic carbocycles. The molecule has 0 bridgehead atoms. The van der Waals surface area contributed by atoms with Gasteiger partial charge in [-0.1, -0.05) is 23.7 Å². The molecule has 2 aromatic carbocycles. The van der Waals surface area contributed by atoms with Gasteiger partial charge in [0.25, 0.3) is 5.69 Å². The van der Waals surface area contributed by atoms with Crippen LogP contribution in [0.2, 0.25) is 5.02 Å². The predicted octanol–water partition coefficient (Wildman–Crippen LogP) is 3.24. The zero-order valence-electron chi connectivity index (χ0n) is 10.5. The Balaban J connectivity index is 1.97. The van der Waals surface area contributed by atoms with Crippen LogP contribution in [-0.2, 0) is 13.1 Å². The van der Waals surface area contributed by atoms with Crippen molar-refractivity contribution in [2.75, 3.05) is 0 Å². The van der Waals surface area contributed by atoms with Crippen LogP contribution in [0.25, 0.3) is 0 Å². The number of aromatic hydroxyl groups is 1. The van der Waals surface area contributed by atoms with E-state index in [1.807, 2.05) is 0 Å². The normalized spacial score (nSPS) is 10.4. The van der Waals surface area contributed by atoms with Crippen molar-refractivity contribution in [2.45, 2.75) is 13.1 Å². The van der Waals surface area contributed by atoms with Crippen molar-refractivity contribution >= 4 is 17.3 Å². The van der Waals surface area contributed by atoms with E-state index in [4.69, 9.17) is 11.6 Å². The quantitative estimate of drug-likeness (QED) is 0.655. The maximum atomic E-state index is 10.7. The number of nitro groups is 1. The van der Waals surface area contributed by atoms with Crippen LogP contribution in [-0.4, -0.2) is 10.0 Å². The lowest BCUT2D eigenvalue weighted by atomic mass is 10.1. The van der Waals surface area contributed by atoms with E-state index in [1.54, 1.807) is 24.3 Å². The van der Waals surface area contributed by atoms with Gasteiger partial charge in [0.2, 0.25) is 0 Å². The lowest BCUT2D eigenvalue weighted by molar-refractivity contribution is -0.384. The minimum absolute atomic E-state index is 0.0647. The number of non-ortho nitro benzene ring substituents is 1. The Labute approximate surface area is 121 Å². The first-order valence-electron chi connectivity index (χ1n) is 5.97. The number of nitro benzene ring substituents is 1. The summed E-state index contributed by atoms with van der Waals surface area (Å²) in [6.07, 6.45) is 0. The van der Waals surface area contributed by atoms with E-state index in [1.165, 1.54) is 18.2 Å². The second kappa shape index (κ2) is 6.36. The molecule has 2 N–H and O–H groups in total. The summed E-state index contributed by atoms with van der Waals surface area (Å²) in [4.78, 5) is 10.2. The van der Waals surface area contributed by atoms with Gasteiger partial charge in [-0.25, -0.2) is 0 Å². The number of rotatable bonds is 5. The smallest absolute Gasteiger partial charge is 0.269 e. The number of nitrogens with zero attached hydrogens (tertiary/aromatic N) is 1. The molecule has 0 aromatic heterocycles. The summed E-state index contributed by atoms with van der Waals surface area (Å²) in [6.45, 7) is 0.892. The van der Waals surface area contributed by atoms with Gasteiger partial charge in [-0.15, -0.1) is 0 Å². The van der Waals surface area contributed by atoms with Gasteiger partial charge in [-0.05, 0) is 23.8 Å². The fourth-order valence-corrected chi connectivity index (χ4v) is 2.01. The van der Waals surface area contributed by atoms with Gasteiger partial charge in [0.05, 0.1) is 4.92 Å². The van der Waals surface area contributed by atoms with Crippen LogP contribution in [0.15, 0.2) is 42.5 Å². The third-order valence-electron chi connectivity index (χ3n) is 2.81. The van der Waals surface area contributed by atoms with E-state index >= 15 is 0 Å². The fourth-order valence-electron chi connectivity index (χ4n) is 1.82. The molecule has 0 unspecified atom stereocenters. The SMILES string of the molecule is O=[N+]([O-])c1cccc(CNCc2cc(Cl)ccc2O)c1. The summed E-state index contributed by atoms with van der Waals surface area (Å²) < 4.78 is 0. The standard InChI is InChI=1S/C14H13ClN2O3/c15-12-4-5-14(18)11(7-12)9-16-8-10-2-1-3-13(6-10)17(19)20/h1-7,16,18H,8-9H2. The average molecular weight is 293 g/mol. The van der Waals surface area contributed by atoms with Gasteiger partial charge >= 0.3 is 0 Å². The zero-order valence-corrected chi connectivity index (χ0v) is 11.3. The van der Waals surface area contributed by atoms with Crippen molar-refractivity contribution in [3.8, 4) is 5.75 Å². The molecular formula is C14H13ClN2O3. The molecule has 0 aliphatic rings. The summed E-state index contributed by atoms with van der Waals surface area (Å²) in [5.74, 6) is 0.168. The van der Waals surface area contributed by atoms with Crippen molar-refractivity contribution in [2.24, 2.45) is 0 Å². The molecule has 104 valence electrons. The van der Waals surface area contributed by atoms with E-state index in [0.717, 1.165) is 5.56 Å². The van der Waals surface area contributed by atoms with E-state index in [9.17, 15) is 15.2 Å². The van der Waals surface area contributed by atoms with E-state index < -0.39 is 4.92 Å². The molecule has 0 saturated carbocycles. The van der Waals surface area contributed by atoms with Crippen molar-refractivity contribution in [1.82, 2.24) is 5.32 Å². The molecule has 0 aliphatic heterocycles. The van der Waals surface area contributed by atoms with E-state index in [2.05, 4.69) is 5.32 Å². The largest absolute Gasteiger partial charge is 0.508 e. The van der Waals surface area contributed by atoms with Gasteiger partial charge in [-0.2, -0.15) is 0 Å². The van der Waals surface area contributed by atoms with E-state index in [0.29, 0.717) is 23.7 Å². The third kappa shape index (κ3) is 3.69. The number of phenols is 1. The van der Waals surface area contributed by atoms with Gasteiger partial charge in [-0.3, -0.25) is 10.1 Å². The summed E-state index contributed by atoms with van der Waals surface area (Å²) in [6, 6.07) is 11.2. The van der Waals surface area contributed by atoms with Crippen LogP contribution in [0.4, 0.5) is 5.69 Å². The van der Waals surface area contributed by atoms with Crippen LogP contribution in [0.5, 0.6) is 5.75 Å². The molecule has 0 heterocycles. The molecule has 0 spiro atoms.